The molecule has 112 valence electrons. The Balaban J connectivity index is 2.13. The number of anilines is 1. The zero-order chi connectivity index (χ0) is 15.3. The van der Waals surface area contributed by atoms with E-state index in [-0.39, 0.29) is 6.61 Å². The van der Waals surface area contributed by atoms with Crippen LogP contribution in [0, 0.1) is 0 Å². The Morgan fingerprint density at radius 3 is 2.86 bits per heavy atom. The number of H-pyrrole nitrogens is 1. The van der Waals surface area contributed by atoms with E-state index in [1.165, 1.54) is 0 Å². The first kappa shape index (κ1) is 14.9. The van der Waals surface area contributed by atoms with Crippen molar-refractivity contribution < 1.29 is 17.9 Å². The molecule has 2 rings (SSSR count). The summed E-state index contributed by atoms with van der Waals surface area (Å²) in [6.07, 6.45) is 0.559. The third-order valence-electron chi connectivity index (χ3n) is 2.42. The van der Waals surface area contributed by atoms with E-state index in [0.29, 0.717) is 5.69 Å². The second kappa shape index (κ2) is 6.27. The summed E-state index contributed by atoms with van der Waals surface area (Å²) in [6.45, 7) is 1.66. The summed E-state index contributed by atoms with van der Waals surface area (Å²) in [5, 5.41) is 6.60. The van der Waals surface area contributed by atoms with Crippen LogP contribution in [0.3, 0.4) is 0 Å². The minimum absolute atomic E-state index is 0.0800. The first-order valence-corrected chi connectivity index (χ1v) is 7.55. The summed E-state index contributed by atoms with van der Waals surface area (Å²) >= 11 is 0. The van der Waals surface area contributed by atoms with Gasteiger partial charge in [-0.25, -0.2) is 9.52 Å². The molecule has 0 aliphatic carbocycles. The number of aromatic nitrogens is 2. The molecular formula is C12H14N4O4S. The van der Waals surface area contributed by atoms with Gasteiger partial charge in [0.15, 0.2) is 0 Å². The zero-order valence-electron chi connectivity index (χ0n) is 11.2. The second-order valence-corrected chi connectivity index (χ2v) is 5.39. The number of aromatic amines is 1. The minimum atomic E-state index is -4.04. The number of hydrogen-bond acceptors (Lipinski definition) is 5. The van der Waals surface area contributed by atoms with Crippen molar-refractivity contribution in [3.63, 3.8) is 0 Å². The molecule has 2 aromatic rings. The van der Waals surface area contributed by atoms with Crippen LogP contribution in [0.5, 0.6) is 0 Å². The fourth-order valence-electron chi connectivity index (χ4n) is 1.62. The number of carbonyl (C=O) groups excluding carboxylic acids is 1. The topological polar surface area (TPSA) is 113 Å². The van der Waals surface area contributed by atoms with Crippen molar-refractivity contribution in [2.24, 2.45) is 0 Å². The van der Waals surface area contributed by atoms with Crippen molar-refractivity contribution in [2.75, 3.05) is 11.3 Å². The monoisotopic (exact) mass is 310 g/mol. The zero-order valence-corrected chi connectivity index (χ0v) is 12.0. The largest absolute Gasteiger partial charge is 0.449 e. The molecular weight excluding hydrogens is 296 g/mol. The number of benzene rings is 1. The second-order valence-electron chi connectivity index (χ2n) is 3.98. The lowest BCUT2D eigenvalue weighted by molar-refractivity contribution is 0.159. The van der Waals surface area contributed by atoms with Crippen LogP contribution in [0.15, 0.2) is 36.5 Å². The van der Waals surface area contributed by atoms with E-state index < -0.39 is 16.3 Å². The molecule has 1 amide bonds. The molecule has 0 fully saturated rings. The molecule has 3 N–H and O–H groups in total. The highest BCUT2D eigenvalue weighted by Gasteiger charge is 2.15. The van der Waals surface area contributed by atoms with Crippen LogP contribution in [0.4, 0.5) is 10.5 Å². The van der Waals surface area contributed by atoms with E-state index in [1.54, 1.807) is 48.2 Å². The number of nitrogens with one attached hydrogen (secondary N) is 3. The lowest BCUT2D eigenvalue weighted by Crippen LogP contribution is -2.35. The first-order chi connectivity index (χ1) is 10.00. The Bertz CT molecular complexity index is 713. The molecule has 8 nitrogen and oxygen atoms in total. The Kier molecular flexibility index (Phi) is 4.43. The van der Waals surface area contributed by atoms with Crippen molar-refractivity contribution >= 4 is 22.0 Å². The molecule has 9 heteroatoms. The van der Waals surface area contributed by atoms with Gasteiger partial charge in [0.2, 0.25) is 0 Å². The SMILES string of the molecule is CCOC(=O)NS(=O)(=O)Nc1cccc(-c2ccn[nH]2)c1. The summed E-state index contributed by atoms with van der Waals surface area (Å²) in [6, 6.07) is 8.40. The summed E-state index contributed by atoms with van der Waals surface area (Å²) in [7, 11) is -4.04. The predicted molar refractivity (Wildman–Crippen MR) is 76.7 cm³/mol. The average molecular weight is 310 g/mol. The van der Waals surface area contributed by atoms with E-state index in [4.69, 9.17) is 0 Å². The standard InChI is InChI=1S/C12H14N4O4S/c1-2-20-12(17)16-21(18,19)15-10-5-3-4-9(8-10)11-6-7-13-14-11/h3-8,15H,2H2,1H3,(H,13,14)(H,16,17). The number of ether oxygens (including phenoxy) is 1. The van der Waals surface area contributed by atoms with Gasteiger partial charge in [-0.15, -0.1) is 0 Å². The maximum absolute atomic E-state index is 11.7. The first-order valence-electron chi connectivity index (χ1n) is 6.07. The lowest BCUT2D eigenvalue weighted by atomic mass is 10.1. The van der Waals surface area contributed by atoms with E-state index in [9.17, 15) is 13.2 Å². The van der Waals surface area contributed by atoms with Crippen LogP contribution >= 0.6 is 0 Å². The maximum Gasteiger partial charge on any atom is 0.422 e. The summed E-state index contributed by atoms with van der Waals surface area (Å²) < 4.78 is 32.0. The fraction of sp³-hybridized carbons (Fsp3) is 0.167. The third kappa shape index (κ3) is 4.21. The van der Waals surface area contributed by atoms with Crippen LogP contribution in [-0.2, 0) is 14.9 Å². The number of amides is 1. The molecule has 0 spiro atoms. The number of nitrogens with zero attached hydrogens (tertiary/aromatic N) is 1. The van der Waals surface area contributed by atoms with Gasteiger partial charge in [0.25, 0.3) is 0 Å². The number of carbonyl (C=O) groups is 1. The van der Waals surface area contributed by atoms with Gasteiger partial charge in [-0.3, -0.25) is 9.82 Å². The Morgan fingerprint density at radius 1 is 1.38 bits per heavy atom. The summed E-state index contributed by atoms with van der Waals surface area (Å²) in [5.74, 6) is 0. The van der Waals surface area contributed by atoms with Crippen LogP contribution < -0.4 is 9.44 Å². The Hall–Kier alpha value is -2.55. The molecule has 0 radical (unpaired) electrons. The highest BCUT2D eigenvalue weighted by molar-refractivity contribution is 7.91. The Morgan fingerprint density at radius 2 is 2.19 bits per heavy atom. The molecule has 0 aliphatic heterocycles. The van der Waals surface area contributed by atoms with Crippen molar-refractivity contribution in [3.05, 3.63) is 36.5 Å². The van der Waals surface area contributed by atoms with E-state index in [0.717, 1.165) is 11.3 Å². The third-order valence-corrected chi connectivity index (χ3v) is 3.36. The van der Waals surface area contributed by atoms with Crippen LogP contribution in [0.25, 0.3) is 11.3 Å². The quantitative estimate of drug-likeness (QED) is 0.774. The molecule has 0 saturated heterocycles. The van der Waals surface area contributed by atoms with Crippen LogP contribution in [0.2, 0.25) is 0 Å². The van der Waals surface area contributed by atoms with Crippen molar-refractivity contribution in [1.82, 2.24) is 14.9 Å². The van der Waals surface area contributed by atoms with E-state index in [2.05, 4.69) is 19.7 Å². The van der Waals surface area contributed by atoms with Gasteiger partial charge in [-0.1, -0.05) is 12.1 Å². The lowest BCUT2D eigenvalue weighted by Gasteiger charge is -2.10. The fourth-order valence-corrected chi connectivity index (χ4v) is 2.38. The van der Waals surface area contributed by atoms with E-state index >= 15 is 0 Å². The maximum atomic E-state index is 11.7. The van der Waals surface area contributed by atoms with Crippen LogP contribution in [0.1, 0.15) is 6.92 Å². The molecule has 0 atom stereocenters. The van der Waals surface area contributed by atoms with Crippen molar-refractivity contribution in [1.29, 1.82) is 0 Å². The number of hydrogen-bond donors (Lipinski definition) is 3. The predicted octanol–water partition coefficient (Wildman–Crippen LogP) is 1.48. The summed E-state index contributed by atoms with van der Waals surface area (Å²) in [4.78, 5) is 11.1. The molecule has 21 heavy (non-hydrogen) atoms. The molecule has 1 aromatic heterocycles. The van der Waals surface area contributed by atoms with Gasteiger partial charge >= 0.3 is 16.3 Å². The smallest absolute Gasteiger partial charge is 0.422 e. The Labute approximate surface area is 121 Å². The molecule has 1 heterocycles. The van der Waals surface area contributed by atoms with Gasteiger partial charge in [0.05, 0.1) is 18.0 Å². The number of rotatable bonds is 5. The highest BCUT2D eigenvalue weighted by Crippen LogP contribution is 2.20. The summed E-state index contributed by atoms with van der Waals surface area (Å²) in [5.41, 5.74) is 1.80. The van der Waals surface area contributed by atoms with Gasteiger partial charge < -0.3 is 4.74 Å². The van der Waals surface area contributed by atoms with Crippen LogP contribution in [-0.4, -0.2) is 31.3 Å². The molecule has 0 saturated carbocycles. The molecule has 0 unspecified atom stereocenters. The van der Waals surface area contributed by atoms with Gasteiger partial charge in [-0.2, -0.15) is 13.5 Å². The molecule has 0 aliphatic rings. The van der Waals surface area contributed by atoms with E-state index in [1.807, 2.05) is 0 Å². The normalized spacial score (nSPS) is 10.9. The molecule has 0 bridgehead atoms. The van der Waals surface area contributed by atoms with Crippen molar-refractivity contribution in [2.45, 2.75) is 6.92 Å². The van der Waals surface area contributed by atoms with Gasteiger partial charge in [-0.05, 0) is 25.1 Å². The average Bonchev–Trinajstić information content (AvgIpc) is 2.91. The minimum Gasteiger partial charge on any atom is -0.449 e. The van der Waals surface area contributed by atoms with Gasteiger partial charge in [0.1, 0.15) is 0 Å². The van der Waals surface area contributed by atoms with Gasteiger partial charge in [0, 0.05) is 11.8 Å². The molecule has 1 aromatic carbocycles. The highest BCUT2D eigenvalue weighted by atomic mass is 32.2. The van der Waals surface area contributed by atoms with Crippen molar-refractivity contribution in [3.8, 4) is 11.3 Å².